The van der Waals surface area contributed by atoms with Crippen molar-refractivity contribution >= 4 is 16.5 Å². The lowest BCUT2D eigenvalue weighted by molar-refractivity contribution is 0.388. The second-order valence-electron chi connectivity index (χ2n) is 2.71. The highest BCUT2D eigenvalue weighted by Gasteiger charge is 2.03. The molecule has 74 valence electrons. The number of nitrogens with one attached hydrogen (secondary N) is 1. The van der Waals surface area contributed by atoms with E-state index in [1.54, 1.807) is 6.92 Å². The van der Waals surface area contributed by atoms with Crippen LogP contribution in [0.25, 0.3) is 0 Å². The minimum atomic E-state index is 0.506. The Labute approximate surface area is 84.4 Å². The van der Waals surface area contributed by atoms with Gasteiger partial charge in [0.1, 0.15) is 5.01 Å². The van der Waals surface area contributed by atoms with Crippen molar-refractivity contribution in [1.29, 1.82) is 0 Å². The smallest absolute Gasteiger partial charge is 0.223 e. The number of hydrogen-bond acceptors (Lipinski definition) is 7. The molecular weight excluding hydrogens is 202 g/mol. The van der Waals surface area contributed by atoms with Crippen LogP contribution >= 0.6 is 11.3 Å². The quantitative estimate of drug-likeness (QED) is 0.820. The van der Waals surface area contributed by atoms with Crippen LogP contribution < -0.4 is 5.32 Å². The van der Waals surface area contributed by atoms with E-state index in [1.807, 2.05) is 6.92 Å². The van der Waals surface area contributed by atoms with Crippen molar-refractivity contribution in [2.45, 2.75) is 20.4 Å². The molecular formula is C7H9N5OS. The second-order valence-corrected chi connectivity index (χ2v) is 3.89. The summed E-state index contributed by atoms with van der Waals surface area (Å²) in [6, 6.07) is 0. The van der Waals surface area contributed by atoms with Gasteiger partial charge in [0, 0.05) is 6.92 Å². The van der Waals surface area contributed by atoms with Crippen LogP contribution in [-0.4, -0.2) is 20.3 Å². The first-order valence-electron chi connectivity index (χ1n) is 4.07. The van der Waals surface area contributed by atoms with Gasteiger partial charge >= 0.3 is 0 Å². The van der Waals surface area contributed by atoms with Crippen LogP contribution in [0.2, 0.25) is 0 Å². The third-order valence-electron chi connectivity index (χ3n) is 1.49. The SMILES string of the molecule is Cc1nc(CNc2nnc(C)s2)no1. The van der Waals surface area contributed by atoms with E-state index in [0.29, 0.717) is 18.3 Å². The van der Waals surface area contributed by atoms with Crippen molar-refractivity contribution < 1.29 is 4.52 Å². The first-order valence-corrected chi connectivity index (χ1v) is 4.89. The highest BCUT2D eigenvalue weighted by molar-refractivity contribution is 7.15. The zero-order chi connectivity index (χ0) is 9.97. The summed E-state index contributed by atoms with van der Waals surface area (Å²) >= 11 is 1.49. The summed E-state index contributed by atoms with van der Waals surface area (Å²) < 4.78 is 4.82. The van der Waals surface area contributed by atoms with Crippen molar-refractivity contribution in [2.24, 2.45) is 0 Å². The normalized spacial score (nSPS) is 10.4. The predicted molar refractivity (Wildman–Crippen MR) is 51.0 cm³/mol. The Balaban J connectivity index is 1.94. The fraction of sp³-hybridized carbons (Fsp3) is 0.429. The van der Waals surface area contributed by atoms with Crippen molar-refractivity contribution in [3.63, 3.8) is 0 Å². The zero-order valence-corrected chi connectivity index (χ0v) is 8.63. The monoisotopic (exact) mass is 211 g/mol. The Bertz CT molecular complexity index is 383. The molecule has 0 spiro atoms. The van der Waals surface area contributed by atoms with Crippen molar-refractivity contribution in [3.8, 4) is 0 Å². The van der Waals surface area contributed by atoms with E-state index in [1.165, 1.54) is 11.3 Å². The summed E-state index contributed by atoms with van der Waals surface area (Å²) in [5, 5.41) is 16.3. The van der Waals surface area contributed by atoms with Crippen LogP contribution in [0.1, 0.15) is 16.7 Å². The van der Waals surface area contributed by atoms with E-state index in [4.69, 9.17) is 4.52 Å². The van der Waals surface area contributed by atoms with E-state index in [-0.39, 0.29) is 0 Å². The lowest BCUT2D eigenvalue weighted by Crippen LogP contribution is -2.00. The van der Waals surface area contributed by atoms with Crippen LogP contribution in [-0.2, 0) is 6.54 Å². The summed E-state index contributed by atoms with van der Waals surface area (Å²) in [6.45, 7) is 4.17. The summed E-state index contributed by atoms with van der Waals surface area (Å²) in [5.74, 6) is 1.19. The van der Waals surface area contributed by atoms with Crippen molar-refractivity contribution in [3.05, 3.63) is 16.7 Å². The molecule has 0 amide bonds. The van der Waals surface area contributed by atoms with Gasteiger partial charge in [0.25, 0.3) is 0 Å². The average Bonchev–Trinajstić information content (AvgIpc) is 2.72. The van der Waals surface area contributed by atoms with Gasteiger partial charge in [-0.15, -0.1) is 10.2 Å². The van der Waals surface area contributed by atoms with E-state index in [9.17, 15) is 0 Å². The van der Waals surface area contributed by atoms with Gasteiger partial charge in [-0.2, -0.15) is 4.98 Å². The molecule has 7 heteroatoms. The fourth-order valence-electron chi connectivity index (χ4n) is 0.936. The Morgan fingerprint density at radius 3 is 2.79 bits per heavy atom. The highest BCUT2D eigenvalue weighted by Crippen LogP contribution is 2.13. The average molecular weight is 211 g/mol. The summed E-state index contributed by atoms with van der Waals surface area (Å²) in [6.07, 6.45) is 0. The maximum atomic E-state index is 4.82. The Morgan fingerprint density at radius 2 is 2.21 bits per heavy atom. The van der Waals surface area contributed by atoms with Crippen LogP contribution in [0.15, 0.2) is 4.52 Å². The number of anilines is 1. The topological polar surface area (TPSA) is 76.7 Å². The highest BCUT2D eigenvalue weighted by atomic mass is 32.1. The third-order valence-corrected chi connectivity index (χ3v) is 2.29. The van der Waals surface area contributed by atoms with Gasteiger partial charge in [0.05, 0.1) is 6.54 Å². The van der Waals surface area contributed by atoms with Gasteiger partial charge in [0.2, 0.25) is 11.0 Å². The maximum absolute atomic E-state index is 4.82. The van der Waals surface area contributed by atoms with Crippen LogP contribution in [0.3, 0.4) is 0 Å². The lowest BCUT2D eigenvalue weighted by atomic mass is 10.6. The molecule has 0 aliphatic rings. The van der Waals surface area contributed by atoms with E-state index in [0.717, 1.165) is 10.1 Å². The number of aromatic nitrogens is 4. The molecule has 0 aliphatic heterocycles. The number of rotatable bonds is 3. The van der Waals surface area contributed by atoms with Gasteiger partial charge in [-0.25, -0.2) is 0 Å². The first-order chi connectivity index (χ1) is 6.74. The number of hydrogen-bond donors (Lipinski definition) is 1. The summed E-state index contributed by atoms with van der Waals surface area (Å²) in [7, 11) is 0. The molecule has 0 unspecified atom stereocenters. The molecule has 0 aliphatic carbocycles. The molecule has 0 saturated heterocycles. The summed E-state index contributed by atoms with van der Waals surface area (Å²) in [5.41, 5.74) is 0. The fourth-order valence-corrected chi connectivity index (χ4v) is 1.52. The van der Waals surface area contributed by atoms with E-state index >= 15 is 0 Å². The van der Waals surface area contributed by atoms with E-state index < -0.39 is 0 Å². The molecule has 2 heterocycles. The molecule has 14 heavy (non-hydrogen) atoms. The molecule has 2 aromatic heterocycles. The molecule has 0 bridgehead atoms. The first kappa shape index (κ1) is 9.07. The molecule has 0 radical (unpaired) electrons. The van der Waals surface area contributed by atoms with Crippen molar-refractivity contribution in [1.82, 2.24) is 20.3 Å². The van der Waals surface area contributed by atoms with Crippen molar-refractivity contribution in [2.75, 3.05) is 5.32 Å². The molecule has 0 saturated carbocycles. The minimum Gasteiger partial charge on any atom is -0.353 e. The minimum absolute atomic E-state index is 0.506. The standard InChI is InChI=1S/C7H9N5OS/c1-4-9-6(12-13-4)3-8-7-11-10-5(2)14-7/h3H2,1-2H3,(H,8,11). The Kier molecular flexibility index (Phi) is 2.40. The van der Waals surface area contributed by atoms with Gasteiger partial charge in [-0.3, -0.25) is 0 Å². The maximum Gasteiger partial charge on any atom is 0.223 e. The second kappa shape index (κ2) is 3.70. The third kappa shape index (κ3) is 2.05. The molecule has 0 fully saturated rings. The molecule has 6 nitrogen and oxygen atoms in total. The van der Waals surface area contributed by atoms with Crippen LogP contribution in [0, 0.1) is 13.8 Å². The van der Waals surface area contributed by atoms with Crippen LogP contribution in [0.4, 0.5) is 5.13 Å². The Hall–Kier alpha value is -1.50. The predicted octanol–water partition coefficient (Wildman–Crippen LogP) is 1.15. The molecule has 2 aromatic rings. The van der Waals surface area contributed by atoms with Crippen LogP contribution in [0.5, 0.6) is 0 Å². The molecule has 0 atom stereocenters. The number of nitrogens with zero attached hydrogens (tertiary/aromatic N) is 4. The van der Waals surface area contributed by atoms with Gasteiger partial charge in [0.15, 0.2) is 5.82 Å². The van der Waals surface area contributed by atoms with Gasteiger partial charge in [-0.1, -0.05) is 16.5 Å². The zero-order valence-electron chi connectivity index (χ0n) is 7.81. The van der Waals surface area contributed by atoms with Gasteiger partial charge < -0.3 is 9.84 Å². The molecule has 1 N–H and O–H groups in total. The Morgan fingerprint density at radius 1 is 1.36 bits per heavy atom. The van der Waals surface area contributed by atoms with E-state index in [2.05, 4.69) is 25.7 Å². The van der Waals surface area contributed by atoms with Gasteiger partial charge in [-0.05, 0) is 6.92 Å². The summed E-state index contributed by atoms with van der Waals surface area (Å²) in [4.78, 5) is 4.05. The molecule has 2 rings (SSSR count). The number of aryl methyl sites for hydroxylation is 2. The molecule has 0 aromatic carbocycles. The largest absolute Gasteiger partial charge is 0.353 e. The lowest BCUT2D eigenvalue weighted by Gasteiger charge is -1.94.